The zero-order chi connectivity index (χ0) is 20.1. The lowest BCUT2D eigenvalue weighted by Gasteiger charge is -2.12. The van der Waals surface area contributed by atoms with Gasteiger partial charge >= 0.3 is 0 Å². The van der Waals surface area contributed by atoms with E-state index in [1.807, 2.05) is 32.9 Å². The molecule has 0 atom stereocenters. The lowest BCUT2D eigenvalue weighted by Crippen LogP contribution is -2.22. The van der Waals surface area contributed by atoms with E-state index in [1.54, 1.807) is 6.92 Å². The topological polar surface area (TPSA) is 111 Å². The molecule has 2 aromatic rings. The smallest absolute Gasteiger partial charge is 0.275 e. The van der Waals surface area contributed by atoms with Crippen molar-refractivity contribution in [2.75, 3.05) is 5.32 Å². The molecule has 7 heteroatoms. The summed E-state index contributed by atoms with van der Waals surface area (Å²) in [7, 11) is 0. The van der Waals surface area contributed by atoms with Gasteiger partial charge in [0.1, 0.15) is 11.5 Å². The Bertz CT molecular complexity index is 896. The summed E-state index contributed by atoms with van der Waals surface area (Å²) in [4.78, 5) is 24.3. The highest BCUT2D eigenvalue weighted by molar-refractivity contribution is 6.06. The summed E-state index contributed by atoms with van der Waals surface area (Å²) in [6.45, 7) is 7.48. The van der Waals surface area contributed by atoms with Crippen LogP contribution in [-0.4, -0.2) is 27.7 Å². The second-order valence-electron chi connectivity index (χ2n) is 6.49. The fourth-order valence-corrected chi connectivity index (χ4v) is 2.75. The maximum Gasteiger partial charge on any atom is 0.275 e. The van der Waals surface area contributed by atoms with E-state index < -0.39 is 5.91 Å². The van der Waals surface area contributed by atoms with Crippen LogP contribution in [0.2, 0.25) is 0 Å². The van der Waals surface area contributed by atoms with Gasteiger partial charge in [0.05, 0.1) is 12.0 Å². The van der Waals surface area contributed by atoms with E-state index in [9.17, 15) is 19.8 Å². The zero-order valence-electron chi connectivity index (χ0n) is 15.8. The van der Waals surface area contributed by atoms with Crippen molar-refractivity contribution < 1.29 is 19.8 Å². The third-order valence-corrected chi connectivity index (χ3v) is 3.93. The third-order valence-electron chi connectivity index (χ3n) is 3.93. The van der Waals surface area contributed by atoms with Gasteiger partial charge in [-0.25, -0.2) is 5.43 Å². The van der Waals surface area contributed by atoms with E-state index >= 15 is 0 Å². The van der Waals surface area contributed by atoms with Crippen LogP contribution in [0.25, 0.3) is 0 Å². The first-order valence-corrected chi connectivity index (χ1v) is 8.40. The van der Waals surface area contributed by atoms with Gasteiger partial charge in [0.2, 0.25) is 5.91 Å². The minimum atomic E-state index is -0.641. The van der Waals surface area contributed by atoms with Crippen LogP contribution in [0.5, 0.6) is 11.5 Å². The minimum absolute atomic E-state index is 0.00853. The summed E-state index contributed by atoms with van der Waals surface area (Å²) in [5, 5.41) is 25.7. The number of nitrogens with one attached hydrogen (secondary N) is 2. The van der Waals surface area contributed by atoms with Gasteiger partial charge in [0, 0.05) is 17.5 Å². The first-order valence-electron chi connectivity index (χ1n) is 8.40. The van der Waals surface area contributed by atoms with E-state index in [-0.39, 0.29) is 29.4 Å². The highest BCUT2D eigenvalue weighted by atomic mass is 16.3. The number of hydrogen-bond acceptors (Lipinski definition) is 5. The van der Waals surface area contributed by atoms with Crippen molar-refractivity contribution in [2.24, 2.45) is 5.10 Å². The third kappa shape index (κ3) is 5.31. The molecule has 0 radical (unpaired) electrons. The van der Waals surface area contributed by atoms with E-state index in [4.69, 9.17) is 0 Å². The number of carbonyl (C=O) groups is 2. The fourth-order valence-electron chi connectivity index (χ4n) is 2.75. The predicted octanol–water partition coefficient (Wildman–Crippen LogP) is 3.16. The molecule has 0 heterocycles. The number of carbonyl (C=O) groups excluding carboxylic acids is 2. The number of rotatable bonds is 5. The fraction of sp³-hybridized carbons (Fsp3) is 0.250. The molecule has 142 valence electrons. The number of benzene rings is 2. The number of hydrazone groups is 1. The Kier molecular flexibility index (Phi) is 6.18. The van der Waals surface area contributed by atoms with Crippen LogP contribution >= 0.6 is 0 Å². The summed E-state index contributed by atoms with van der Waals surface area (Å²) >= 11 is 0. The standard InChI is InChI=1S/C20H23N3O4/c1-11-7-12(2)19(13(3)8-11)21-18(26)9-14(4)22-23-20(27)16-6-5-15(24)10-17(16)25/h5-8,10,24-25H,9H2,1-4H3,(H,21,26)(H,23,27)/b22-14+. The summed E-state index contributed by atoms with van der Waals surface area (Å²) < 4.78 is 0. The van der Waals surface area contributed by atoms with Crippen molar-refractivity contribution in [3.63, 3.8) is 0 Å². The van der Waals surface area contributed by atoms with Crippen LogP contribution in [0.3, 0.4) is 0 Å². The highest BCUT2D eigenvalue weighted by Gasteiger charge is 2.12. The first kappa shape index (κ1) is 20.0. The number of aromatic hydroxyl groups is 2. The Labute approximate surface area is 157 Å². The average molecular weight is 369 g/mol. The minimum Gasteiger partial charge on any atom is -0.508 e. The molecule has 0 aromatic heterocycles. The number of anilines is 1. The predicted molar refractivity (Wildman–Crippen MR) is 104 cm³/mol. The normalized spacial score (nSPS) is 11.2. The van der Waals surface area contributed by atoms with Crippen molar-refractivity contribution in [1.29, 1.82) is 0 Å². The van der Waals surface area contributed by atoms with Gasteiger partial charge in [-0.1, -0.05) is 17.7 Å². The van der Waals surface area contributed by atoms with E-state index in [0.29, 0.717) is 5.71 Å². The molecule has 0 fully saturated rings. The molecule has 0 bridgehead atoms. The largest absolute Gasteiger partial charge is 0.508 e. The molecule has 2 rings (SSSR count). The van der Waals surface area contributed by atoms with Crippen molar-refractivity contribution in [3.05, 3.63) is 52.6 Å². The molecule has 0 spiro atoms. The summed E-state index contributed by atoms with van der Waals surface area (Å²) in [6.07, 6.45) is 0.00853. The lowest BCUT2D eigenvalue weighted by molar-refractivity contribution is -0.115. The Balaban J connectivity index is 1.99. The number of nitrogens with zero attached hydrogens (tertiary/aromatic N) is 1. The van der Waals surface area contributed by atoms with Crippen LogP contribution in [0.4, 0.5) is 5.69 Å². The van der Waals surface area contributed by atoms with E-state index in [1.165, 1.54) is 12.1 Å². The van der Waals surface area contributed by atoms with E-state index in [2.05, 4.69) is 15.8 Å². The molecule has 0 saturated heterocycles. The summed E-state index contributed by atoms with van der Waals surface area (Å²) in [6, 6.07) is 7.61. The van der Waals surface area contributed by atoms with E-state index in [0.717, 1.165) is 28.4 Å². The number of aryl methyl sites for hydroxylation is 3. The maximum atomic E-state index is 12.2. The van der Waals surface area contributed by atoms with Crippen molar-refractivity contribution >= 4 is 23.2 Å². The molecule has 0 unspecified atom stereocenters. The van der Waals surface area contributed by atoms with Crippen LogP contribution in [-0.2, 0) is 4.79 Å². The quantitative estimate of drug-likeness (QED) is 0.479. The molecule has 0 saturated carbocycles. The molecule has 0 aliphatic rings. The van der Waals surface area contributed by atoms with Gasteiger partial charge in [-0.05, 0) is 51.0 Å². The van der Waals surface area contributed by atoms with Gasteiger partial charge in [0.25, 0.3) is 5.91 Å². The first-order chi connectivity index (χ1) is 12.7. The Morgan fingerprint density at radius 3 is 2.26 bits per heavy atom. The number of hydrogen-bond donors (Lipinski definition) is 4. The second kappa shape index (κ2) is 8.35. The zero-order valence-corrected chi connectivity index (χ0v) is 15.8. The maximum absolute atomic E-state index is 12.2. The van der Waals surface area contributed by atoms with Crippen LogP contribution in [0, 0.1) is 20.8 Å². The number of phenolic OH excluding ortho intramolecular Hbond substituents is 2. The molecular formula is C20H23N3O4. The summed E-state index contributed by atoms with van der Waals surface area (Å²) in [5.41, 5.74) is 6.52. The Hall–Kier alpha value is -3.35. The van der Waals surface area contributed by atoms with Crippen molar-refractivity contribution in [3.8, 4) is 11.5 Å². The van der Waals surface area contributed by atoms with Crippen molar-refractivity contribution in [2.45, 2.75) is 34.1 Å². The summed E-state index contributed by atoms with van der Waals surface area (Å²) in [5.74, 6) is -1.39. The van der Waals surface area contributed by atoms with Gasteiger partial charge in [-0.15, -0.1) is 0 Å². The molecule has 0 aliphatic heterocycles. The molecule has 2 amide bonds. The molecule has 0 aliphatic carbocycles. The SMILES string of the molecule is C/C(CC(=O)Nc1c(C)cc(C)cc1C)=N\NC(=O)c1ccc(O)cc1O. The molecule has 4 N–H and O–H groups in total. The van der Waals surface area contributed by atoms with Crippen molar-refractivity contribution in [1.82, 2.24) is 5.43 Å². The molecule has 7 nitrogen and oxygen atoms in total. The second-order valence-corrected chi connectivity index (χ2v) is 6.49. The Morgan fingerprint density at radius 1 is 1.04 bits per heavy atom. The van der Waals surface area contributed by atoms with Crippen LogP contribution in [0.15, 0.2) is 35.4 Å². The van der Waals surface area contributed by atoms with Gasteiger partial charge in [-0.2, -0.15) is 5.10 Å². The lowest BCUT2D eigenvalue weighted by atomic mass is 10.0. The number of phenols is 2. The van der Waals surface area contributed by atoms with Gasteiger partial charge in [-0.3, -0.25) is 9.59 Å². The van der Waals surface area contributed by atoms with Gasteiger partial charge in [0.15, 0.2) is 0 Å². The van der Waals surface area contributed by atoms with Crippen LogP contribution < -0.4 is 10.7 Å². The van der Waals surface area contributed by atoms with Gasteiger partial charge < -0.3 is 15.5 Å². The molecule has 2 aromatic carbocycles. The monoisotopic (exact) mass is 369 g/mol. The molecule has 27 heavy (non-hydrogen) atoms. The average Bonchev–Trinajstić information content (AvgIpc) is 2.56. The Morgan fingerprint density at radius 2 is 1.67 bits per heavy atom. The number of amides is 2. The highest BCUT2D eigenvalue weighted by Crippen LogP contribution is 2.23. The van der Waals surface area contributed by atoms with Crippen LogP contribution in [0.1, 0.15) is 40.4 Å². The molecular weight excluding hydrogens is 346 g/mol.